The number of aryl methyl sites for hydroxylation is 1. The number of amides is 1. The molecule has 35 heavy (non-hydrogen) atoms. The Morgan fingerprint density at radius 3 is 2.46 bits per heavy atom. The van der Waals surface area contributed by atoms with E-state index in [1.807, 2.05) is 61.5 Å². The summed E-state index contributed by atoms with van der Waals surface area (Å²) in [6.45, 7) is 3.59. The van der Waals surface area contributed by atoms with Crippen LogP contribution in [0.2, 0.25) is 0 Å². The van der Waals surface area contributed by atoms with Crippen LogP contribution < -0.4 is 14.9 Å². The van der Waals surface area contributed by atoms with Crippen molar-refractivity contribution in [2.75, 3.05) is 0 Å². The molecule has 0 heterocycles. The molecule has 4 aromatic carbocycles. The third kappa shape index (κ3) is 6.33. The molecule has 0 saturated heterocycles. The summed E-state index contributed by atoms with van der Waals surface area (Å²) in [6.07, 6.45) is 0.651. The van der Waals surface area contributed by atoms with Crippen LogP contribution >= 0.6 is 15.9 Å². The molecule has 0 unspecified atom stereocenters. The van der Waals surface area contributed by atoms with E-state index in [1.165, 1.54) is 6.21 Å². The van der Waals surface area contributed by atoms with Crippen LogP contribution in [0.15, 0.2) is 94.5 Å². The van der Waals surface area contributed by atoms with Gasteiger partial charge >= 0.3 is 5.97 Å². The predicted octanol–water partition coefficient (Wildman–Crippen LogP) is 6.05. The molecular weight excluding hydrogens is 508 g/mol. The molecule has 1 amide bonds. The van der Waals surface area contributed by atoms with Crippen molar-refractivity contribution in [2.24, 2.45) is 5.10 Å². The smallest absolute Gasteiger partial charge is 0.343 e. The van der Waals surface area contributed by atoms with Crippen LogP contribution in [0.1, 0.15) is 28.4 Å². The Balaban J connectivity index is 1.40. The third-order valence-corrected chi connectivity index (χ3v) is 5.74. The highest BCUT2D eigenvalue weighted by atomic mass is 79.9. The minimum absolute atomic E-state index is 0.317. The van der Waals surface area contributed by atoms with Crippen LogP contribution in [-0.2, 0) is 4.79 Å². The zero-order valence-electron chi connectivity index (χ0n) is 19.2. The number of benzene rings is 4. The standard InChI is InChI=1S/C28H23BrN2O4/c1-18-7-9-21(10-8-18)28(33)35-26-14-12-24(29)15-23(26)17-30-31-27(32)19(2)34-25-13-11-20-5-3-4-6-22(20)16-25/h3-17,19H,1-2H3,(H,31,32)/b30-17-/t19-/m1/s1. The number of carbonyl (C=O) groups is 2. The molecule has 0 radical (unpaired) electrons. The fourth-order valence-corrected chi connectivity index (χ4v) is 3.70. The molecule has 0 saturated carbocycles. The van der Waals surface area contributed by atoms with E-state index < -0.39 is 18.0 Å². The Bertz CT molecular complexity index is 1400. The summed E-state index contributed by atoms with van der Waals surface area (Å²) < 4.78 is 12.1. The van der Waals surface area contributed by atoms with E-state index in [4.69, 9.17) is 9.47 Å². The Hall–Kier alpha value is -3.97. The van der Waals surface area contributed by atoms with Gasteiger partial charge in [-0.2, -0.15) is 5.10 Å². The number of halogens is 1. The summed E-state index contributed by atoms with van der Waals surface area (Å²) in [7, 11) is 0. The molecule has 1 N–H and O–H groups in total. The van der Waals surface area contributed by atoms with Gasteiger partial charge in [-0.1, -0.05) is 64.0 Å². The van der Waals surface area contributed by atoms with Crippen LogP contribution in [0.5, 0.6) is 11.5 Å². The van der Waals surface area contributed by atoms with Gasteiger partial charge in [0.2, 0.25) is 0 Å². The van der Waals surface area contributed by atoms with E-state index in [2.05, 4.69) is 26.5 Å². The summed E-state index contributed by atoms with van der Waals surface area (Å²) in [4.78, 5) is 25.0. The quantitative estimate of drug-likeness (QED) is 0.136. The fraction of sp³-hybridized carbons (Fsp3) is 0.107. The van der Waals surface area contributed by atoms with Crippen molar-refractivity contribution < 1.29 is 19.1 Å². The van der Waals surface area contributed by atoms with E-state index in [-0.39, 0.29) is 0 Å². The fourth-order valence-electron chi connectivity index (χ4n) is 3.32. The zero-order chi connectivity index (χ0) is 24.8. The van der Waals surface area contributed by atoms with Gasteiger partial charge in [0.25, 0.3) is 5.91 Å². The largest absolute Gasteiger partial charge is 0.481 e. The number of rotatable bonds is 7. The first-order valence-corrected chi connectivity index (χ1v) is 11.7. The lowest BCUT2D eigenvalue weighted by Crippen LogP contribution is -2.33. The zero-order valence-corrected chi connectivity index (χ0v) is 20.8. The maximum atomic E-state index is 12.5. The van der Waals surface area contributed by atoms with Crippen molar-refractivity contribution in [1.29, 1.82) is 0 Å². The molecule has 4 aromatic rings. The van der Waals surface area contributed by atoms with Gasteiger partial charge in [0, 0.05) is 10.0 Å². The topological polar surface area (TPSA) is 77.0 Å². The van der Waals surface area contributed by atoms with Gasteiger partial charge < -0.3 is 9.47 Å². The van der Waals surface area contributed by atoms with Gasteiger partial charge in [0.05, 0.1) is 11.8 Å². The van der Waals surface area contributed by atoms with E-state index in [0.29, 0.717) is 22.6 Å². The maximum absolute atomic E-state index is 12.5. The lowest BCUT2D eigenvalue weighted by molar-refractivity contribution is -0.127. The summed E-state index contributed by atoms with van der Waals surface area (Å²) >= 11 is 3.40. The van der Waals surface area contributed by atoms with E-state index in [1.54, 1.807) is 37.3 Å². The minimum atomic E-state index is -0.769. The second kappa shape index (κ2) is 11.0. The Morgan fingerprint density at radius 1 is 0.943 bits per heavy atom. The Morgan fingerprint density at radius 2 is 1.69 bits per heavy atom. The Labute approximate surface area is 211 Å². The van der Waals surface area contributed by atoms with Crippen molar-refractivity contribution >= 4 is 44.8 Å². The number of esters is 1. The van der Waals surface area contributed by atoms with E-state index in [9.17, 15) is 9.59 Å². The summed E-state index contributed by atoms with van der Waals surface area (Å²) in [5, 5.41) is 6.15. The van der Waals surface area contributed by atoms with Gasteiger partial charge in [-0.25, -0.2) is 10.2 Å². The summed E-state index contributed by atoms with van der Waals surface area (Å²) in [6, 6.07) is 25.8. The van der Waals surface area contributed by atoms with Crippen LogP contribution in [0.4, 0.5) is 0 Å². The number of hydrogen-bond donors (Lipinski definition) is 1. The van der Waals surface area contributed by atoms with E-state index >= 15 is 0 Å². The molecule has 176 valence electrons. The SMILES string of the molecule is Cc1ccc(C(=O)Oc2ccc(Br)cc2/C=N\NC(=O)[C@@H](C)Oc2ccc3ccccc3c2)cc1. The van der Waals surface area contributed by atoms with Gasteiger partial charge in [0.15, 0.2) is 6.10 Å². The minimum Gasteiger partial charge on any atom is -0.481 e. The molecule has 0 aliphatic carbocycles. The lowest BCUT2D eigenvalue weighted by atomic mass is 10.1. The molecule has 0 bridgehead atoms. The number of fused-ring (bicyclic) bond motifs is 1. The van der Waals surface area contributed by atoms with E-state index in [0.717, 1.165) is 20.8 Å². The first kappa shape index (κ1) is 24.2. The van der Waals surface area contributed by atoms with Crippen molar-refractivity contribution in [3.8, 4) is 11.5 Å². The monoisotopic (exact) mass is 530 g/mol. The maximum Gasteiger partial charge on any atom is 0.343 e. The van der Waals surface area contributed by atoms with Crippen LogP contribution in [0, 0.1) is 6.92 Å². The average Bonchev–Trinajstić information content (AvgIpc) is 2.85. The number of nitrogens with one attached hydrogen (secondary N) is 1. The molecule has 6 nitrogen and oxygen atoms in total. The molecule has 0 aliphatic rings. The van der Waals surface area contributed by atoms with Gasteiger partial charge in [-0.05, 0) is 67.1 Å². The highest BCUT2D eigenvalue weighted by Crippen LogP contribution is 2.23. The van der Waals surface area contributed by atoms with Crippen molar-refractivity contribution in [2.45, 2.75) is 20.0 Å². The first-order valence-electron chi connectivity index (χ1n) is 11.0. The van der Waals surface area contributed by atoms with Crippen LogP contribution in [-0.4, -0.2) is 24.2 Å². The predicted molar refractivity (Wildman–Crippen MR) is 140 cm³/mol. The molecule has 4 rings (SSSR count). The van der Waals surface area contributed by atoms with Crippen LogP contribution in [0.25, 0.3) is 10.8 Å². The highest BCUT2D eigenvalue weighted by Gasteiger charge is 2.15. The van der Waals surface area contributed by atoms with Gasteiger partial charge in [-0.15, -0.1) is 0 Å². The molecule has 0 aromatic heterocycles. The Kier molecular flexibility index (Phi) is 7.57. The molecular formula is C28H23BrN2O4. The average molecular weight is 531 g/mol. The number of ether oxygens (including phenoxy) is 2. The van der Waals surface area contributed by atoms with Gasteiger partial charge in [-0.3, -0.25) is 4.79 Å². The first-order chi connectivity index (χ1) is 16.9. The second-order valence-electron chi connectivity index (χ2n) is 7.94. The summed E-state index contributed by atoms with van der Waals surface area (Å²) in [5.41, 5.74) is 4.48. The third-order valence-electron chi connectivity index (χ3n) is 5.24. The number of nitrogens with zero attached hydrogens (tertiary/aromatic N) is 1. The molecule has 0 fully saturated rings. The number of hydrogen-bond acceptors (Lipinski definition) is 5. The molecule has 0 spiro atoms. The van der Waals surface area contributed by atoms with Gasteiger partial charge in [0.1, 0.15) is 11.5 Å². The molecule has 0 aliphatic heterocycles. The van der Waals surface area contributed by atoms with Crippen LogP contribution in [0.3, 0.4) is 0 Å². The highest BCUT2D eigenvalue weighted by molar-refractivity contribution is 9.10. The molecule has 1 atom stereocenters. The lowest BCUT2D eigenvalue weighted by Gasteiger charge is -2.13. The van der Waals surface area contributed by atoms with Crippen molar-refractivity contribution in [3.05, 3.63) is 106 Å². The van der Waals surface area contributed by atoms with Crippen molar-refractivity contribution in [3.63, 3.8) is 0 Å². The number of carbonyl (C=O) groups excluding carboxylic acids is 2. The normalized spacial score (nSPS) is 11.9. The van der Waals surface area contributed by atoms with Crippen molar-refractivity contribution in [1.82, 2.24) is 5.43 Å². The molecule has 7 heteroatoms. The number of hydrazone groups is 1. The summed E-state index contributed by atoms with van der Waals surface area (Å²) in [5.74, 6) is 0.0101. The second-order valence-corrected chi connectivity index (χ2v) is 8.86.